The maximum absolute atomic E-state index is 13.1. The third-order valence-corrected chi connectivity index (χ3v) is 5.78. The molecule has 0 spiro atoms. The second-order valence-electron chi connectivity index (χ2n) is 6.99. The first-order chi connectivity index (χ1) is 12.0. The van der Waals surface area contributed by atoms with Gasteiger partial charge in [0.25, 0.3) is 5.91 Å². The van der Waals surface area contributed by atoms with E-state index in [1.54, 1.807) is 11.3 Å². The third kappa shape index (κ3) is 4.45. The fraction of sp³-hybridized carbons (Fsp3) is 0.611. The lowest BCUT2D eigenvalue weighted by atomic mass is 10.1. The molecule has 1 N–H and O–H groups in total. The minimum Gasteiger partial charge on any atom is -0.330 e. The van der Waals surface area contributed by atoms with Crippen molar-refractivity contribution in [3.63, 3.8) is 0 Å². The van der Waals surface area contributed by atoms with Crippen LogP contribution in [0.1, 0.15) is 58.7 Å². The minimum atomic E-state index is -0.0289. The van der Waals surface area contributed by atoms with E-state index in [9.17, 15) is 4.79 Å². The van der Waals surface area contributed by atoms with E-state index in [0.717, 1.165) is 31.6 Å². The first-order valence-electron chi connectivity index (χ1n) is 8.96. The Morgan fingerprint density at radius 1 is 1.35 bits per heavy atom. The highest BCUT2D eigenvalue weighted by Crippen LogP contribution is 2.23. The highest BCUT2D eigenvalue weighted by molar-refractivity contribution is 7.11. The molecule has 3 heterocycles. The van der Waals surface area contributed by atoms with Crippen molar-refractivity contribution >= 4 is 29.7 Å². The monoisotopic (exact) mass is 397 g/mol. The number of halogens is 1. The molecule has 0 saturated carbocycles. The van der Waals surface area contributed by atoms with Gasteiger partial charge >= 0.3 is 0 Å². The molecule has 26 heavy (non-hydrogen) atoms. The van der Waals surface area contributed by atoms with Gasteiger partial charge in [0.2, 0.25) is 0 Å². The fourth-order valence-corrected chi connectivity index (χ4v) is 4.19. The van der Waals surface area contributed by atoms with E-state index in [-0.39, 0.29) is 24.4 Å². The van der Waals surface area contributed by atoms with Crippen LogP contribution in [0.4, 0.5) is 0 Å². The molecule has 1 fully saturated rings. The SMILES string of the molecule is Cc1ccc(CN(C(=O)c2nnn(C3CCNCC3)c2C)C(C)C)s1.Cl. The van der Waals surface area contributed by atoms with Crippen LogP contribution in [0.2, 0.25) is 0 Å². The van der Waals surface area contributed by atoms with E-state index in [0.29, 0.717) is 18.3 Å². The van der Waals surface area contributed by atoms with Gasteiger partial charge in [-0.25, -0.2) is 4.68 Å². The number of nitrogens with zero attached hydrogens (tertiary/aromatic N) is 4. The lowest BCUT2D eigenvalue weighted by Gasteiger charge is -2.26. The molecule has 1 amide bonds. The summed E-state index contributed by atoms with van der Waals surface area (Å²) in [5.74, 6) is -0.0289. The summed E-state index contributed by atoms with van der Waals surface area (Å²) >= 11 is 1.74. The van der Waals surface area contributed by atoms with Gasteiger partial charge in [-0.3, -0.25) is 4.79 Å². The van der Waals surface area contributed by atoms with Gasteiger partial charge in [0.15, 0.2) is 5.69 Å². The Bertz CT molecular complexity index is 736. The molecule has 0 radical (unpaired) electrons. The Morgan fingerprint density at radius 2 is 2.04 bits per heavy atom. The van der Waals surface area contributed by atoms with Crippen LogP contribution in [0.15, 0.2) is 12.1 Å². The van der Waals surface area contributed by atoms with Crippen LogP contribution in [-0.2, 0) is 6.54 Å². The van der Waals surface area contributed by atoms with Crippen molar-refractivity contribution < 1.29 is 4.79 Å². The number of aromatic nitrogens is 3. The van der Waals surface area contributed by atoms with E-state index < -0.39 is 0 Å². The van der Waals surface area contributed by atoms with Crippen molar-refractivity contribution in [1.29, 1.82) is 0 Å². The number of hydrogen-bond acceptors (Lipinski definition) is 5. The molecule has 0 aliphatic carbocycles. The molecule has 0 atom stereocenters. The Kier molecular flexibility index (Phi) is 7.20. The number of amides is 1. The topological polar surface area (TPSA) is 63.1 Å². The van der Waals surface area contributed by atoms with E-state index >= 15 is 0 Å². The lowest BCUT2D eigenvalue weighted by Crippen LogP contribution is -2.37. The molecule has 8 heteroatoms. The number of piperidine rings is 1. The molecule has 0 unspecified atom stereocenters. The fourth-order valence-electron chi connectivity index (χ4n) is 3.30. The maximum Gasteiger partial charge on any atom is 0.276 e. The van der Waals surface area contributed by atoms with Gasteiger partial charge in [-0.2, -0.15) is 0 Å². The minimum absolute atomic E-state index is 0. The van der Waals surface area contributed by atoms with E-state index in [2.05, 4.69) is 34.7 Å². The van der Waals surface area contributed by atoms with Crippen molar-refractivity contribution in [1.82, 2.24) is 25.2 Å². The highest BCUT2D eigenvalue weighted by atomic mass is 35.5. The maximum atomic E-state index is 13.1. The average Bonchev–Trinajstić information content (AvgIpc) is 3.18. The summed E-state index contributed by atoms with van der Waals surface area (Å²) in [7, 11) is 0. The Morgan fingerprint density at radius 3 is 2.62 bits per heavy atom. The number of aryl methyl sites for hydroxylation is 1. The Hall–Kier alpha value is -1.44. The molecule has 2 aromatic rings. The van der Waals surface area contributed by atoms with Crippen LogP contribution in [-0.4, -0.2) is 44.9 Å². The highest BCUT2D eigenvalue weighted by Gasteiger charge is 2.27. The summed E-state index contributed by atoms with van der Waals surface area (Å²) in [5.41, 5.74) is 1.37. The van der Waals surface area contributed by atoms with Gasteiger partial charge in [-0.05, 0) is 65.8 Å². The summed E-state index contributed by atoms with van der Waals surface area (Å²) in [6, 6.07) is 4.64. The largest absolute Gasteiger partial charge is 0.330 e. The number of thiophene rings is 1. The van der Waals surface area contributed by atoms with E-state index in [4.69, 9.17) is 0 Å². The first kappa shape index (κ1) is 20.9. The van der Waals surface area contributed by atoms with Crippen LogP contribution in [0.5, 0.6) is 0 Å². The molecular weight excluding hydrogens is 370 g/mol. The summed E-state index contributed by atoms with van der Waals surface area (Å²) in [6.07, 6.45) is 2.06. The number of rotatable bonds is 5. The third-order valence-electron chi connectivity index (χ3n) is 4.79. The van der Waals surface area contributed by atoms with Crippen LogP contribution in [0.25, 0.3) is 0 Å². The molecule has 1 aliphatic heterocycles. The van der Waals surface area contributed by atoms with Crippen molar-refractivity contribution in [2.45, 2.75) is 59.2 Å². The summed E-state index contributed by atoms with van der Waals surface area (Å²) < 4.78 is 1.95. The van der Waals surface area contributed by atoms with Crippen LogP contribution < -0.4 is 5.32 Å². The summed E-state index contributed by atoms with van der Waals surface area (Å²) in [6.45, 7) is 10.7. The molecule has 144 valence electrons. The molecule has 2 aromatic heterocycles. The number of carbonyl (C=O) groups excluding carboxylic acids is 1. The predicted octanol–water partition coefficient (Wildman–Crippen LogP) is 3.35. The van der Waals surface area contributed by atoms with Crippen molar-refractivity contribution in [2.24, 2.45) is 0 Å². The van der Waals surface area contributed by atoms with Gasteiger partial charge in [-0.15, -0.1) is 28.8 Å². The molecule has 1 aliphatic rings. The standard InChI is InChI=1S/C18H27N5OS.ClH/c1-12(2)22(11-16-6-5-13(3)25-16)18(24)17-14(4)23(21-20-17)15-7-9-19-10-8-15;/h5-6,12,15,19H,7-11H2,1-4H3;1H. The predicted molar refractivity (Wildman–Crippen MR) is 107 cm³/mol. The Balaban J connectivity index is 0.00000243. The first-order valence-corrected chi connectivity index (χ1v) is 9.77. The molecular formula is C18H28ClN5OS. The Labute approximate surface area is 165 Å². The number of carbonyl (C=O) groups is 1. The zero-order valence-corrected chi connectivity index (χ0v) is 17.5. The van der Waals surface area contributed by atoms with Gasteiger partial charge in [0, 0.05) is 15.8 Å². The molecule has 0 aromatic carbocycles. The zero-order chi connectivity index (χ0) is 18.0. The number of nitrogens with one attached hydrogen (secondary N) is 1. The van der Waals surface area contributed by atoms with Crippen LogP contribution >= 0.6 is 23.7 Å². The van der Waals surface area contributed by atoms with Crippen molar-refractivity contribution in [3.05, 3.63) is 33.3 Å². The second-order valence-corrected chi connectivity index (χ2v) is 8.36. The lowest BCUT2D eigenvalue weighted by molar-refractivity contribution is 0.0685. The average molecular weight is 398 g/mol. The van der Waals surface area contributed by atoms with Gasteiger partial charge in [0.1, 0.15) is 0 Å². The summed E-state index contributed by atoms with van der Waals surface area (Å²) in [4.78, 5) is 17.5. The molecule has 1 saturated heterocycles. The number of hydrogen-bond donors (Lipinski definition) is 1. The van der Waals surface area contributed by atoms with Crippen LogP contribution in [0, 0.1) is 13.8 Å². The van der Waals surface area contributed by atoms with Gasteiger partial charge in [-0.1, -0.05) is 5.21 Å². The molecule has 3 rings (SSSR count). The zero-order valence-electron chi connectivity index (χ0n) is 15.9. The quantitative estimate of drug-likeness (QED) is 0.840. The van der Waals surface area contributed by atoms with Gasteiger partial charge < -0.3 is 10.2 Å². The van der Waals surface area contributed by atoms with Crippen LogP contribution in [0.3, 0.4) is 0 Å². The van der Waals surface area contributed by atoms with Crippen molar-refractivity contribution in [3.8, 4) is 0 Å². The normalized spacial score (nSPS) is 15.1. The van der Waals surface area contributed by atoms with E-state index in [1.165, 1.54) is 9.75 Å². The van der Waals surface area contributed by atoms with Crippen molar-refractivity contribution in [2.75, 3.05) is 13.1 Å². The summed E-state index contributed by atoms with van der Waals surface area (Å²) in [5, 5.41) is 11.9. The molecule has 0 bridgehead atoms. The van der Waals surface area contributed by atoms with E-state index in [1.807, 2.05) is 30.4 Å². The second kappa shape index (κ2) is 8.97. The molecule has 6 nitrogen and oxygen atoms in total. The smallest absolute Gasteiger partial charge is 0.276 e. The van der Waals surface area contributed by atoms with Gasteiger partial charge in [0.05, 0.1) is 18.3 Å².